The summed E-state index contributed by atoms with van der Waals surface area (Å²) in [5.74, 6) is 1.15. The lowest BCUT2D eigenvalue weighted by Gasteiger charge is -2.12. The van der Waals surface area contributed by atoms with Gasteiger partial charge in [-0.1, -0.05) is 18.2 Å². The fraction of sp³-hybridized carbons (Fsp3) is 0.211. The van der Waals surface area contributed by atoms with E-state index in [-0.39, 0.29) is 29.8 Å². The van der Waals surface area contributed by atoms with Crippen LogP contribution in [0.5, 0.6) is 0 Å². The summed E-state index contributed by atoms with van der Waals surface area (Å²) in [4.78, 5) is 8.88. The Morgan fingerprint density at radius 2 is 2.00 bits per heavy atom. The minimum absolute atomic E-state index is 0. The van der Waals surface area contributed by atoms with E-state index < -0.39 is 0 Å². The number of nitrogens with one attached hydrogen (secondary N) is 2. The van der Waals surface area contributed by atoms with Crippen LogP contribution in [0.25, 0.3) is 5.82 Å². The molecule has 0 saturated carbocycles. The highest BCUT2D eigenvalue weighted by molar-refractivity contribution is 14.0. The molecule has 2 N–H and O–H groups in total. The van der Waals surface area contributed by atoms with Gasteiger partial charge in [0.1, 0.15) is 5.82 Å². The third-order valence-electron chi connectivity index (χ3n) is 3.72. The molecule has 0 fully saturated rings. The number of nitrogens with zero attached hydrogens (tertiary/aromatic N) is 4. The molecule has 1 aromatic carbocycles. The number of hydrogen-bond acceptors (Lipinski definition) is 3. The van der Waals surface area contributed by atoms with Crippen molar-refractivity contribution in [2.45, 2.75) is 20.0 Å². The molecule has 27 heavy (non-hydrogen) atoms. The van der Waals surface area contributed by atoms with Crippen LogP contribution >= 0.6 is 24.0 Å². The number of pyridine rings is 1. The summed E-state index contributed by atoms with van der Waals surface area (Å²) < 4.78 is 15.4. The molecule has 0 unspecified atom stereocenters. The van der Waals surface area contributed by atoms with Crippen LogP contribution in [0.3, 0.4) is 0 Å². The van der Waals surface area contributed by atoms with Crippen molar-refractivity contribution in [3.63, 3.8) is 0 Å². The molecule has 0 aliphatic heterocycles. The second-order valence-electron chi connectivity index (χ2n) is 5.61. The SMILES string of the molecule is CCNC(=NCc1ccnc(-n2cccn2)c1)NCc1ccccc1F.I. The van der Waals surface area contributed by atoms with Gasteiger partial charge in [-0.2, -0.15) is 5.10 Å². The molecular weight excluding hydrogens is 458 g/mol. The Balaban J connectivity index is 0.00000261. The minimum Gasteiger partial charge on any atom is -0.357 e. The monoisotopic (exact) mass is 480 g/mol. The summed E-state index contributed by atoms with van der Waals surface area (Å²) in [6.45, 7) is 3.55. The maximum atomic E-state index is 13.7. The summed E-state index contributed by atoms with van der Waals surface area (Å²) >= 11 is 0. The third kappa shape index (κ3) is 6.02. The van der Waals surface area contributed by atoms with Gasteiger partial charge in [-0.3, -0.25) is 0 Å². The smallest absolute Gasteiger partial charge is 0.191 e. The molecule has 2 aromatic heterocycles. The van der Waals surface area contributed by atoms with Crippen molar-refractivity contribution in [3.05, 3.63) is 78.0 Å². The fourth-order valence-electron chi connectivity index (χ4n) is 2.42. The highest BCUT2D eigenvalue weighted by Gasteiger charge is 2.04. The van der Waals surface area contributed by atoms with Gasteiger partial charge in [0.05, 0.1) is 6.54 Å². The van der Waals surface area contributed by atoms with Crippen molar-refractivity contribution in [2.75, 3.05) is 6.54 Å². The summed E-state index contributed by atoms with van der Waals surface area (Å²) in [6, 6.07) is 12.4. The van der Waals surface area contributed by atoms with Gasteiger partial charge in [0, 0.05) is 37.2 Å². The molecule has 0 bridgehead atoms. The van der Waals surface area contributed by atoms with Gasteiger partial charge in [-0.05, 0) is 36.8 Å². The zero-order chi connectivity index (χ0) is 18.2. The van der Waals surface area contributed by atoms with Crippen molar-refractivity contribution >= 4 is 29.9 Å². The molecule has 0 aliphatic carbocycles. The predicted octanol–water partition coefficient (Wildman–Crippen LogP) is 3.28. The first-order valence-corrected chi connectivity index (χ1v) is 8.47. The predicted molar refractivity (Wildman–Crippen MR) is 115 cm³/mol. The van der Waals surface area contributed by atoms with E-state index in [1.807, 2.05) is 37.4 Å². The average molecular weight is 480 g/mol. The van der Waals surface area contributed by atoms with E-state index in [9.17, 15) is 4.39 Å². The van der Waals surface area contributed by atoms with Gasteiger partial charge in [-0.25, -0.2) is 19.0 Å². The molecular formula is C19H22FIN6. The Bertz CT molecular complexity index is 866. The van der Waals surface area contributed by atoms with Crippen molar-refractivity contribution in [1.82, 2.24) is 25.4 Å². The van der Waals surface area contributed by atoms with E-state index in [0.717, 1.165) is 17.9 Å². The first-order chi connectivity index (χ1) is 12.8. The van der Waals surface area contributed by atoms with Gasteiger partial charge in [-0.15, -0.1) is 24.0 Å². The Kier molecular flexibility index (Phi) is 8.18. The van der Waals surface area contributed by atoms with Crippen molar-refractivity contribution in [1.29, 1.82) is 0 Å². The van der Waals surface area contributed by atoms with Crippen molar-refractivity contribution < 1.29 is 4.39 Å². The second-order valence-corrected chi connectivity index (χ2v) is 5.61. The largest absolute Gasteiger partial charge is 0.357 e. The Hall–Kier alpha value is -2.49. The van der Waals surface area contributed by atoms with E-state index in [1.54, 1.807) is 29.2 Å². The number of benzene rings is 1. The van der Waals surface area contributed by atoms with Crippen LogP contribution < -0.4 is 10.6 Å². The molecule has 6 nitrogen and oxygen atoms in total. The van der Waals surface area contributed by atoms with E-state index in [0.29, 0.717) is 24.6 Å². The van der Waals surface area contributed by atoms with Crippen LogP contribution in [0.2, 0.25) is 0 Å². The van der Waals surface area contributed by atoms with Crippen LogP contribution in [0.1, 0.15) is 18.1 Å². The lowest BCUT2D eigenvalue weighted by Crippen LogP contribution is -2.37. The van der Waals surface area contributed by atoms with Crippen LogP contribution in [-0.2, 0) is 13.1 Å². The Morgan fingerprint density at radius 3 is 2.74 bits per heavy atom. The maximum absolute atomic E-state index is 13.7. The number of halogens is 2. The molecule has 142 valence electrons. The van der Waals surface area contributed by atoms with Gasteiger partial charge in [0.25, 0.3) is 0 Å². The number of aliphatic imine (C=N–C) groups is 1. The van der Waals surface area contributed by atoms with Crippen LogP contribution in [0, 0.1) is 5.82 Å². The number of hydrogen-bond donors (Lipinski definition) is 2. The van der Waals surface area contributed by atoms with Gasteiger partial charge in [0.15, 0.2) is 11.8 Å². The van der Waals surface area contributed by atoms with Gasteiger partial charge in [0.2, 0.25) is 0 Å². The first kappa shape index (κ1) is 20.8. The minimum atomic E-state index is -0.228. The highest BCUT2D eigenvalue weighted by Crippen LogP contribution is 2.08. The number of aromatic nitrogens is 3. The lowest BCUT2D eigenvalue weighted by atomic mass is 10.2. The zero-order valence-electron chi connectivity index (χ0n) is 15.0. The van der Waals surface area contributed by atoms with E-state index in [1.165, 1.54) is 6.07 Å². The summed E-state index contributed by atoms with van der Waals surface area (Å²) in [6.07, 6.45) is 5.29. The van der Waals surface area contributed by atoms with Gasteiger partial charge >= 0.3 is 0 Å². The van der Waals surface area contributed by atoms with Gasteiger partial charge < -0.3 is 10.6 Å². The van der Waals surface area contributed by atoms with E-state index in [4.69, 9.17) is 0 Å². The summed E-state index contributed by atoms with van der Waals surface area (Å²) in [7, 11) is 0. The molecule has 0 atom stereocenters. The number of guanidine groups is 1. The lowest BCUT2D eigenvalue weighted by molar-refractivity contribution is 0.604. The second kappa shape index (κ2) is 10.6. The molecule has 0 saturated heterocycles. The topological polar surface area (TPSA) is 67.1 Å². The number of rotatable bonds is 6. The molecule has 8 heteroatoms. The third-order valence-corrected chi connectivity index (χ3v) is 3.72. The van der Waals surface area contributed by atoms with Crippen LogP contribution in [0.15, 0.2) is 66.0 Å². The van der Waals surface area contributed by atoms with Crippen molar-refractivity contribution in [3.8, 4) is 5.82 Å². The van der Waals surface area contributed by atoms with E-state index >= 15 is 0 Å². The molecule has 0 radical (unpaired) electrons. The van der Waals surface area contributed by atoms with Crippen LogP contribution in [-0.4, -0.2) is 27.3 Å². The average Bonchev–Trinajstić information content (AvgIpc) is 3.20. The molecule has 0 aliphatic rings. The Morgan fingerprint density at radius 1 is 1.15 bits per heavy atom. The first-order valence-electron chi connectivity index (χ1n) is 8.47. The maximum Gasteiger partial charge on any atom is 0.191 e. The molecule has 2 heterocycles. The van der Waals surface area contributed by atoms with Crippen LogP contribution in [0.4, 0.5) is 4.39 Å². The standard InChI is InChI=1S/C19H21FN6.HI/c1-2-21-19(24-14-16-6-3-4-7-17(16)20)23-13-15-8-10-22-18(12-15)26-11-5-9-25-26;/h3-12H,2,13-14H2,1H3,(H2,21,23,24);1H. The highest BCUT2D eigenvalue weighted by atomic mass is 127. The molecule has 3 aromatic rings. The molecule has 3 rings (SSSR count). The normalized spacial score (nSPS) is 11.0. The van der Waals surface area contributed by atoms with Crippen molar-refractivity contribution in [2.24, 2.45) is 4.99 Å². The molecule has 0 amide bonds. The summed E-state index contributed by atoms with van der Waals surface area (Å²) in [5, 5.41) is 10.5. The quantitative estimate of drug-likeness (QED) is 0.323. The molecule has 0 spiro atoms. The van der Waals surface area contributed by atoms with E-state index in [2.05, 4.69) is 25.7 Å². The Labute approximate surface area is 175 Å². The fourth-order valence-corrected chi connectivity index (χ4v) is 2.42. The summed E-state index contributed by atoms with van der Waals surface area (Å²) in [5.41, 5.74) is 1.61. The zero-order valence-corrected chi connectivity index (χ0v) is 17.3.